The van der Waals surface area contributed by atoms with Crippen molar-refractivity contribution < 1.29 is 32.2 Å². The first-order chi connectivity index (χ1) is 14.8. The van der Waals surface area contributed by atoms with Crippen LogP contribution >= 0.6 is 0 Å². The van der Waals surface area contributed by atoms with E-state index in [0.717, 1.165) is 18.9 Å². The first-order valence-electron chi connectivity index (χ1n) is 9.69. The molecule has 1 atom stereocenters. The van der Waals surface area contributed by atoms with Gasteiger partial charge in [0.1, 0.15) is 16.9 Å². The second kappa shape index (κ2) is 8.43. The minimum Gasteiger partial charge on any atom is -0.508 e. The number of fused-ring (bicyclic) bond motifs is 1. The molecule has 1 aliphatic heterocycles. The summed E-state index contributed by atoms with van der Waals surface area (Å²) in [4.78, 5) is 16.9. The van der Waals surface area contributed by atoms with Gasteiger partial charge in [-0.15, -0.1) is 0 Å². The highest BCUT2D eigenvalue weighted by molar-refractivity contribution is 5.96. The van der Waals surface area contributed by atoms with E-state index in [-0.39, 0.29) is 40.8 Å². The zero-order chi connectivity index (χ0) is 22.0. The summed E-state index contributed by atoms with van der Waals surface area (Å²) in [5.74, 6) is -0.633. The molecule has 31 heavy (non-hydrogen) atoms. The molecular formula is C22H19F3N2O4. The summed E-state index contributed by atoms with van der Waals surface area (Å²) in [6, 6.07) is 10.5. The van der Waals surface area contributed by atoms with E-state index < -0.39 is 17.6 Å². The third-order valence-electron chi connectivity index (χ3n) is 4.92. The highest BCUT2D eigenvalue weighted by Crippen LogP contribution is 2.35. The van der Waals surface area contributed by atoms with Gasteiger partial charge in [0.05, 0.1) is 17.4 Å². The number of para-hydroxylation sites is 1. The van der Waals surface area contributed by atoms with Gasteiger partial charge >= 0.3 is 6.18 Å². The molecule has 2 heterocycles. The van der Waals surface area contributed by atoms with E-state index in [9.17, 15) is 23.1 Å². The van der Waals surface area contributed by atoms with Crippen LogP contribution in [0.1, 0.15) is 28.8 Å². The van der Waals surface area contributed by atoms with Gasteiger partial charge < -0.3 is 19.6 Å². The summed E-state index contributed by atoms with van der Waals surface area (Å²) in [7, 11) is 0. The number of rotatable bonds is 4. The highest BCUT2D eigenvalue weighted by Gasteiger charge is 2.33. The fraction of sp³-hybridized carbons (Fsp3) is 0.273. The molecule has 9 heteroatoms. The second-order valence-electron chi connectivity index (χ2n) is 7.16. The largest absolute Gasteiger partial charge is 0.508 e. The first-order valence-corrected chi connectivity index (χ1v) is 9.69. The predicted octanol–water partition coefficient (Wildman–Crippen LogP) is 4.30. The predicted molar refractivity (Wildman–Crippen MR) is 106 cm³/mol. The Morgan fingerprint density at radius 1 is 1.19 bits per heavy atom. The first kappa shape index (κ1) is 20.9. The number of carbonyl (C=O) groups excluding carboxylic acids is 1. The number of benzene rings is 2. The average Bonchev–Trinajstić information content (AvgIpc) is 3.25. The van der Waals surface area contributed by atoms with Crippen molar-refractivity contribution in [3.63, 3.8) is 0 Å². The van der Waals surface area contributed by atoms with Crippen molar-refractivity contribution in [3.05, 3.63) is 65.2 Å². The number of phenolic OH excluding ortho intramolecular Hbond substituents is 1. The molecular weight excluding hydrogens is 413 g/mol. The summed E-state index contributed by atoms with van der Waals surface area (Å²) < 4.78 is 51.3. The normalized spacial score (nSPS) is 17.3. The zero-order valence-corrected chi connectivity index (χ0v) is 16.3. The van der Waals surface area contributed by atoms with E-state index in [0.29, 0.717) is 12.0 Å². The maximum atomic E-state index is 13.4. The maximum absolute atomic E-state index is 13.4. The monoisotopic (exact) mass is 432 g/mol. The van der Waals surface area contributed by atoms with Crippen LogP contribution in [0.2, 0.25) is 0 Å². The molecule has 1 aliphatic rings. The summed E-state index contributed by atoms with van der Waals surface area (Å²) in [5.41, 5.74) is -1.47. The lowest BCUT2D eigenvalue weighted by Gasteiger charge is -2.12. The molecule has 1 amide bonds. The molecule has 2 N–H and O–H groups in total. The van der Waals surface area contributed by atoms with Crippen LogP contribution in [0.3, 0.4) is 0 Å². The Labute approximate surface area is 175 Å². The van der Waals surface area contributed by atoms with Gasteiger partial charge in [-0.2, -0.15) is 13.2 Å². The van der Waals surface area contributed by atoms with Crippen LogP contribution in [-0.4, -0.2) is 30.3 Å². The van der Waals surface area contributed by atoms with Gasteiger partial charge in [-0.1, -0.05) is 12.1 Å². The van der Waals surface area contributed by atoms with Crippen LogP contribution in [0.5, 0.6) is 5.75 Å². The van der Waals surface area contributed by atoms with Gasteiger partial charge in [-0.05, 0) is 43.2 Å². The van der Waals surface area contributed by atoms with Crippen LogP contribution < -0.4 is 10.9 Å². The van der Waals surface area contributed by atoms with E-state index in [2.05, 4.69) is 10.3 Å². The lowest BCUT2D eigenvalue weighted by molar-refractivity contribution is -0.137. The third-order valence-corrected chi connectivity index (χ3v) is 4.92. The number of nitrogens with one attached hydrogen (secondary N) is 1. The van der Waals surface area contributed by atoms with E-state index in [1.54, 1.807) is 6.07 Å². The third kappa shape index (κ3) is 4.72. The molecule has 0 radical (unpaired) electrons. The van der Waals surface area contributed by atoms with Gasteiger partial charge in [-0.25, -0.2) is 4.99 Å². The van der Waals surface area contributed by atoms with Crippen molar-refractivity contribution in [2.45, 2.75) is 25.1 Å². The highest BCUT2D eigenvalue weighted by atomic mass is 19.4. The summed E-state index contributed by atoms with van der Waals surface area (Å²) in [5, 5.41) is 12.9. The maximum Gasteiger partial charge on any atom is 0.418 e. The van der Waals surface area contributed by atoms with Crippen molar-refractivity contribution in [2.75, 3.05) is 13.2 Å². The fourth-order valence-corrected chi connectivity index (χ4v) is 3.38. The van der Waals surface area contributed by atoms with Gasteiger partial charge in [0.15, 0.2) is 0 Å². The smallest absolute Gasteiger partial charge is 0.418 e. The number of phenols is 1. The Balaban J connectivity index is 1.81. The van der Waals surface area contributed by atoms with Crippen LogP contribution in [0.15, 0.2) is 57.9 Å². The lowest BCUT2D eigenvalue weighted by atomic mass is 10.1. The van der Waals surface area contributed by atoms with Gasteiger partial charge in [0.25, 0.3) is 5.91 Å². The number of carbonyl (C=O) groups is 1. The molecule has 4 rings (SSSR count). The number of nitrogens with zero attached hydrogens (tertiary/aromatic N) is 1. The Bertz CT molecular complexity index is 1180. The molecule has 1 aromatic heterocycles. The van der Waals surface area contributed by atoms with Crippen molar-refractivity contribution in [1.29, 1.82) is 0 Å². The molecule has 0 spiro atoms. The van der Waals surface area contributed by atoms with Crippen LogP contribution in [0.4, 0.5) is 18.9 Å². The summed E-state index contributed by atoms with van der Waals surface area (Å²) in [6.45, 7) is 0.898. The average molecular weight is 432 g/mol. The van der Waals surface area contributed by atoms with Gasteiger partial charge in [-0.3, -0.25) is 4.79 Å². The molecule has 0 aliphatic carbocycles. The Kier molecular flexibility index (Phi) is 5.69. The van der Waals surface area contributed by atoms with Crippen LogP contribution in [0.25, 0.3) is 11.0 Å². The summed E-state index contributed by atoms with van der Waals surface area (Å²) in [6.07, 6.45) is -3.01. The minimum atomic E-state index is -4.63. The molecule has 162 valence electrons. The Morgan fingerprint density at radius 2 is 2.00 bits per heavy atom. The number of hydrogen-bond donors (Lipinski definition) is 2. The van der Waals surface area contributed by atoms with Crippen LogP contribution in [0, 0.1) is 0 Å². The van der Waals surface area contributed by atoms with Crippen molar-refractivity contribution in [3.8, 4) is 5.75 Å². The molecule has 0 saturated carbocycles. The second-order valence-corrected chi connectivity index (χ2v) is 7.16. The summed E-state index contributed by atoms with van der Waals surface area (Å²) >= 11 is 0. The fourth-order valence-electron chi connectivity index (χ4n) is 3.38. The molecule has 1 fully saturated rings. The molecule has 0 unspecified atom stereocenters. The van der Waals surface area contributed by atoms with E-state index in [4.69, 9.17) is 9.15 Å². The van der Waals surface area contributed by atoms with E-state index in [1.807, 2.05) is 0 Å². The zero-order valence-electron chi connectivity index (χ0n) is 16.3. The van der Waals surface area contributed by atoms with Crippen molar-refractivity contribution in [1.82, 2.24) is 5.32 Å². The number of alkyl halides is 3. The number of ether oxygens (including phenoxy) is 1. The van der Waals surface area contributed by atoms with Crippen molar-refractivity contribution >= 4 is 22.6 Å². The molecule has 3 aromatic rings. The SMILES string of the molecule is O=C(NC[C@@H]1CCCO1)c1cc2ccc(O)cc2oc1=Nc1ccccc1C(F)(F)F. The van der Waals surface area contributed by atoms with E-state index >= 15 is 0 Å². The topological polar surface area (TPSA) is 84.1 Å². The molecule has 0 bridgehead atoms. The van der Waals surface area contributed by atoms with Gasteiger partial charge in [0.2, 0.25) is 5.55 Å². The molecule has 6 nitrogen and oxygen atoms in total. The number of halogens is 3. The molecule has 1 saturated heterocycles. The quantitative estimate of drug-likeness (QED) is 0.644. The van der Waals surface area contributed by atoms with Crippen LogP contribution in [-0.2, 0) is 10.9 Å². The van der Waals surface area contributed by atoms with E-state index in [1.165, 1.54) is 36.4 Å². The van der Waals surface area contributed by atoms with Crippen molar-refractivity contribution in [2.24, 2.45) is 4.99 Å². The number of amides is 1. The lowest BCUT2D eigenvalue weighted by Crippen LogP contribution is -2.34. The molecule has 2 aromatic carbocycles. The number of aromatic hydroxyl groups is 1. The standard InChI is InChI=1S/C22H19F3N2O4/c23-22(24,25)17-5-1-2-6-18(17)27-21-16(20(29)26-12-15-4-3-9-30-15)10-13-7-8-14(28)11-19(13)31-21/h1-2,5-8,10-11,15,28H,3-4,9,12H2,(H,26,29)/t15-/m0/s1. The number of hydrogen-bond acceptors (Lipinski definition) is 5. The Hall–Kier alpha value is -3.33. The Morgan fingerprint density at radius 3 is 2.74 bits per heavy atom. The van der Waals surface area contributed by atoms with Gasteiger partial charge in [0, 0.05) is 24.6 Å². The minimum absolute atomic E-state index is 0.0202.